The van der Waals surface area contributed by atoms with Crippen LogP contribution in [0.4, 0.5) is 18.9 Å². The first kappa shape index (κ1) is 23.7. The molecule has 2 aromatic rings. The Labute approximate surface area is 183 Å². The van der Waals surface area contributed by atoms with E-state index in [1.807, 2.05) is 0 Å². The summed E-state index contributed by atoms with van der Waals surface area (Å²) in [6.07, 6.45) is -4.47. The van der Waals surface area contributed by atoms with Gasteiger partial charge < -0.3 is 10.1 Å². The molecule has 0 unspecified atom stereocenters. The molecule has 1 amide bonds. The van der Waals surface area contributed by atoms with Crippen molar-refractivity contribution in [2.24, 2.45) is 5.92 Å². The van der Waals surface area contributed by atoms with Crippen LogP contribution in [0, 0.1) is 5.92 Å². The second-order valence-electron chi connectivity index (χ2n) is 7.23. The van der Waals surface area contributed by atoms with Crippen molar-refractivity contribution in [1.82, 2.24) is 4.31 Å². The fraction of sp³-hybridized carbons (Fsp3) is 0.333. The molecule has 7 nitrogen and oxygen atoms in total. The molecule has 0 saturated carbocycles. The SMILES string of the molecule is COC(=O)c1ccc(NC(=O)C2CCN(S(=O)(=O)c3ccccc3C(F)(F)F)CC2)cc1. The molecule has 0 spiro atoms. The molecule has 0 bridgehead atoms. The molecule has 32 heavy (non-hydrogen) atoms. The molecule has 1 heterocycles. The number of hydrogen-bond acceptors (Lipinski definition) is 5. The van der Waals surface area contributed by atoms with Crippen LogP contribution in [0.1, 0.15) is 28.8 Å². The minimum atomic E-state index is -4.80. The molecule has 0 aliphatic carbocycles. The minimum absolute atomic E-state index is 0.0755. The number of carbonyl (C=O) groups is 2. The highest BCUT2D eigenvalue weighted by Gasteiger charge is 2.40. The Balaban J connectivity index is 1.65. The van der Waals surface area contributed by atoms with Gasteiger partial charge in [0.15, 0.2) is 0 Å². The van der Waals surface area contributed by atoms with E-state index in [2.05, 4.69) is 10.1 Å². The van der Waals surface area contributed by atoms with Crippen molar-refractivity contribution in [1.29, 1.82) is 0 Å². The molecule has 1 fully saturated rings. The topological polar surface area (TPSA) is 92.8 Å². The summed E-state index contributed by atoms with van der Waals surface area (Å²) in [4.78, 5) is 23.2. The summed E-state index contributed by atoms with van der Waals surface area (Å²) in [6.45, 7) is -0.151. The number of carbonyl (C=O) groups excluding carboxylic acids is 2. The molecule has 0 atom stereocenters. The van der Waals surface area contributed by atoms with Crippen LogP contribution in [-0.2, 0) is 25.7 Å². The number of ether oxygens (including phenoxy) is 1. The predicted molar refractivity (Wildman–Crippen MR) is 109 cm³/mol. The van der Waals surface area contributed by atoms with Gasteiger partial charge in [-0.2, -0.15) is 17.5 Å². The maximum atomic E-state index is 13.2. The van der Waals surface area contributed by atoms with E-state index in [0.29, 0.717) is 11.3 Å². The highest BCUT2D eigenvalue weighted by atomic mass is 32.2. The van der Waals surface area contributed by atoms with Gasteiger partial charge in [0.25, 0.3) is 0 Å². The zero-order valence-electron chi connectivity index (χ0n) is 17.1. The van der Waals surface area contributed by atoms with Crippen LogP contribution in [-0.4, -0.2) is 44.8 Å². The third-order valence-electron chi connectivity index (χ3n) is 5.21. The normalized spacial score (nSPS) is 15.9. The second-order valence-corrected chi connectivity index (χ2v) is 9.14. The van der Waals surface area contributed by atoms with Crippen molar-refractivity contribution in [2.75, 3.05) is 25.5 Å². The molecule has 11 heteroatoms. The monoisotopic (exact) mass is 470 g/mol. The van der Waals surface area contributed by atoms with Crippen LogP contribution in [0.5, 0.6) is 0 Å². The maximum absolute atomic E-state index is 13.2. The van der Waals surface area contributed by atoms with Crippen molar-refractivity contribution < 1.29 is 35.9 Å². The fourth-order valence-corrected chi connectivity index (χ4v) is 5.16. The van der Waals surface area contributed by atoms with E-state index in [9.17, 15) is 31.2 Å². The van der Waals surface area contributed by atoms with Gasteiger partial charge in [-0.25, -0.2) is 13.2 Å². The number of amides is 1. The standard InChI is InChI=1S/C21H21F3N2O5S/c1-31-20(28)15-6-8-16(9-7-15)25-19(27)14-10-12-26(13-11-14)32(29,30)18-5-3-2-4-17(18)21(22,23)24/h2-9,14H,10-13H2,1H3,(H,25,27). The highest BCUT2D eigenvalue weighted by molar-refractivity contribution is 7.89. The molecule has 1 aliphatic rings. The summed E-state index contributed by atoms with van der Waals surface area (Å²) in [7, 11) is -3.11. The number of methoxy groups -OCH3 is 1. The van der Waals surface area contributed by atoms with Crippen LogP contribution in [0.25, 0.3) is 0 Å². The smallest absolute Gasteiger partial charge is 0.417 e. The lowest BCUT2D eigenvalue weighted by Gasteiger charge is -2.31. The van der Waals surface area contributed by atoms with Crippen molar-refractivity contribution in [3.63, 3.8) is 0 Å². The lowest BCUT2D eigenvalue weighted by atomic mass is 9.97. The Morgan fingerprint density at radius 1 is 1.03 bits per heavy atom. The molecule has 2 aromatic carbocycles. The first-order valence-corrected chi connectivity index (χ1v) is 11.1. The first-order valence-electron chi connectivity index (χ1n) is 9.69. The molecule has 1 N–H and O–H groups in total. The Hall–Kier alpha value is -2.92. The van der Waals surface area contributed by atoms with Gasteiger partial charge in [-0.1, -0.05) is 12.1 Å². The molecule has 172 valence electrons. The van der Waals surface area contributed by atoms with E-state index in [-0.39, 0.29) is 31.8 Å². The summed E-state index contributed by atoms with van der Waals surface area (Å²) in [5, 5.41) is 2.70. The van der Waals surface area contributed by atoms with Gasteiger partial charge >= 0.3 is 12.1 Å². The van der Waals surface area contributed by atoms with Gasteiger partial charge in [-0.3, -0.25) is 4.79 Å². The van der Waals surface area contributed by atoms with Crippen molar-refractivity contribution in [3.8, 4) is 0 Å². The number of esters is 1. The van der Waals surface area contributed by atoms with Crippen molar-refractivity contribution in [2.45, 2.75) is 23.9 Å². The molecular formula is C21H21F3N2O5S. The number of sulfonamides is 1. The Morgan fingerprint density at radius 2 is 1.62 bits per heavy atom. The maximum Gasteiger partial charge on any atom is 0.417 e. The average Bonchev–Trinajstić information content (AvgIpc) is 2.78. The number of piperidine rings is 1. The number of alkyl halides is 3. The fourth-order valence-electron chi connectivity index (χ4n) is 3.48. The van der Waals surface area contributed by atoms with Crippen molar-refractivity contribution in [3.05, 3.63) is 59.7 Å². The first-order chi connectivity index (χ1) is 15.0. The number of halogens is 3. The molecule has 1 saturated heterocycles. The van der Waals surface area contributed by atoms with E-state index in [4.69, 9.17) is 0 Å². The molecule has 0 radical (unpaired) electrons. The zero-order chi connectivity index (χ0) is 23.5. The summed E-state index contributed by atoms with van der Waals surface area (Å²) in [5.41, 5.74) is -0.435. The second kappa shape index (κ2) is 9.29. The highest BCUT2D eigenvalue weighted by Crippen LogP contribution is 2.36. The third kappa shape index (κ3) is 5.10. The minimum Gasteiger partial charge on any atom is -0.465 e. The summed E-state index contributed by atoms with van der Waals surface area (Å²) in [5.74, 6) is -1.34. The average molecular weight is 470 g/mol. The van der Waals surface area contributed by atoms with Gasteiger partial charge in [-0.05, 0) is 49.2 Å². The number of nitrogens with zero attached hydrogens (tertiary/aromatic N) is 1. The van der Waals surface area contributed by atoms with Crippen LogP contribution in [0.15, 0.2) is 53.4 Å². The molecular weight excluding hydrogens is 449 g/mol. The lowest BCUT2D eigenvalue weighted by Crippen LogP contribution is -2.41. The van der Waals surface area contributed by atoms with Gasteiger partial charge in [0.05, 0.1) is 23.1 Å². The van der Waals surface area contributed by atoms with Gasteiger partial charge in [-0.15, -0.1) is 0 Å². The zero-order valence-corrected chi connectivity index (χ0v) is 17.9. The van der Waals surface area contributed by atoms with Crippen LogP contribution < -0.4 is 5.32 Å². The number of anilines is 1. The quantitative estimate of drug-likeness (QED) is 0.675. The number of hydrogen-bond donors (Lipinski definition) is 1. The molecule has 1 aliphatic heterocycles. The van der Waals surface area contributed by atoms with Crippen molar-refractivity contribution >= 4 is 27.6 Å². The number of rotatable bonds is 5. The van der Waals surface area contributed by atoms with Gasteiger partial charge in [0.2, 0.25) is 15.9 Å². The molecule has 3 rings (SSSR count). The van der Waals surface area contributed by atoms with Gasteiger partial charge in [0.1, 0.15) is 0 Å². The largest absolute Gasteiger partial charge is 0.465 e. The Bertz CT molecular complexity index is 1090. The summed E-state index contributed by atoms with van der Waals surface area (Å²) >= 11 is 0. The number of nitrogens with one attached hydrogen (secondary N) is 1. The molecule has 0 aromatic heterocycles. The van der Waals surface area contributed by atoms with Crippen LogP contribution in [0.2, 0.25) is 0 Å². The van der Waals surface area contributed by atoms with E-state index in [1.165, 1.54) is 37.4 Å². The Kier molecular flexibility index (Phi) is 6.89. The lowest BCUT2D eigenvalue weighted by molar-refractivity contribution is -0.139. The van der Waals surface area contributed by atoms with Gasteiger partial charge in [0, 0.05) is 24.7 Å². The predicted octanol–water partition coefficient (Wildman–Crippen LogP) is 3.53. The van der Waals surface area contributed by atoms with E-state index >= 15 is 0 Å². The van der Waals surface area contributed by atoms with E-state index in [1.54, 1.807) is 0 Å². The number of benzene rings is 2. The third-order valence-corrected chi connectivity index (χ3v) is 7.17. The van der Waals surface area contributed by atoms with Crippen LogP contribution >= 0.6 is 0 Å². The van der Waals surface area contributed by atoms with Crippen LogP contribution in [0.3, 0.4) is 0 Å². The van der Waals surface area contributed by atoms with E-state index in [0.717, 1.165) is 22.5 Å². The Morgan fingerprint density at radius 3 is 2.19 bits per heavy atom. The summed E-state index contributed by atoms with van der Waals surface area (Å²) in [6, 6.07) is 10.1. The summed E-state index contributed by atoms with van der Waals surface area (Å²) < 4.78 is 71.0. The van der Waals surface area contributed by atoms with E-state index < -0.39 is 38.5 Å².